The predicted octanol–water partition coefficient (Wildman–Crippen LogP) is 2.10. The number of nitrogens with zero attached hydrogens (tertiary/aromatic N) is 1. The first-order valence-electron chi connectivity index (χ1n) is 9.47. The largest absolute Gasteiger partial charge is 0.347 e. The van der Waals surface area contributed by atoms with Gasteiger partial charge < -0.3 is 16.0 Å². The maximum Gasteiger partial charge on any atom is 0.242 e. The topological polar surface area (TPSA) is 75.4 Å². The number of hydrogen-bond donors (Lipinski definition) is 2. The van der Waals surface area contributed by atoms with Crippen LogP contribution in [0.3, 0.4) is 0 Å². The lowest BCUT2D eigenvalue weighted by atomic mass is 9.87. The summed E-state index contributed by atoms with van der Waals surface area (Å²) in [7, 11) is 0. The number of carbonyl (C=O) groups is 2. The Morgan fingerprint density at radius 3 is 2.48 bits per heavy atom. The van der Waals surface area contributed by atoms with Crippen LogP contribution < -0.4 is 11.1 Å². The van der Waals surface area contributed by atoms with E-state index in [4.69, 9.17) is 5.73 Å². The molecule has 1 fully saturated rings. The number of nitrogens with one attached hydrogen (secondary N) is 1. The van der Waals surface area contributed by atoms with E-state index in [0.717, 1.165) is 19.3 Å². The third-order valence-electron chi connectivity index (χ3n) is 4.90. The average Bonchev–Trinajstić information content (AvgIpc) is 2.65. The quantitative estimate of drug-likeness (QED) is 0.720. The molecule has 0 aromatic heterocycles. The first-order valence-corrected chi connectivity index (χ1v) is 9.47. The summed E-state index contributed by atoms with van der Waals surface area (Å²) < 4.78 is 0. The smallest absolute Gasteiger partial charge is 0.242 e. The first-order chi connectivity index (χ1) is 12.2. The lowest BCUT2D eigenvalue weighted by Crippen LogP contribution is -2.43. The monoisotopic (exact) mass is 345 g/mol. The first kappa shape index (κ1) is 19.4. The van der Waals surface area contributed by atoms with Crippen LogP contribution in [0.1, 0.15) is 44.1 Å². The molecule has 0 saturated heterocycles. The van der Waals surface area contributed by atoms with Crippen molar-refractivity contribution in [2.75, 3.05) is 26.2 Å². The van der Waals surface area contributed by atoms with Gasteiger partial charge in [-0.2, -0.15) is 0 Å². The molecule has 0 unspecified atom stereocenters. The van der Waals surface area contributed by atoms with Gasteiger partial charge >= 0.3 is 0 Å². The molecule has 138 valence electrons. The Morgan fingerprint density at radius 2 is 1.80 bits per heavy atom. The second-order valence-corrected chi connectivity index (χ2v) is 6.89. The van der Waals surface area contributed by atoms with Crippen molar-refractivity contribution in [3.63, 3.8) is 0 Å². The number of benzene rings is 1. The van der Waals surface area contributed by atoms with Crippen molar-refractivity contribution in [2.24, 2.45) is 11.7 Å². The van der Waals surface area contributed by atoms with Crippen LogP contribution in [-0.4, -0.2) is 42.9 Å². The molecular weight excluding hydrogens is 314 g/mol. The van der Waals surface area contributed by atoms with E-state index in [2.05, 4.69) is 17.4 Å². The SMILES string of the molecule is NCCN(CCc1ccccc1)C(=O)CNC(=O)CC1CCCCC1. The number of hydrogen-bond acceptors (Lipinski definition) is 3. The maximum atomic E-state index is 12.4. The Hall–Kier alpha value is -1.88. The van der Waals surface area contributed by atoms with Crippen molar-refractivity contribution in [1.29, 1.82) is 0 Å². The van der Waals surface area contributed by atoms with Crippen molar-refractivity contribution in [3.05, 3.63) is 35.9 Å². The van der Waals surface area contributed by atoms with Crippen LogP contribution in [0, 0.1) is 5.92 Å². The summed E-state index contributed by atoms with van der Waals surface area (Å²) in [4.78, 5) is 26.2. The Labute approximate surface area is 151 Å². The van der Waals surface area contributed by atoms with Gasteiger partial charge in [-0.15, -0.1) is 0 Å². The van der Waals surface area contributed by atoms with E-state index in [9.17, 15) is 9.59 Å². The summed E-state index contributed by atoms with van der Waals surface area (Å²) in [5, 5.41) is 2.80. The molecule has 5 heteroatoms. The van der Waals surface area contributed by atoms with Crippen molar-refractivity contribution >= 4 is 11.8 Å². The third kappa shape index (κ3) is 7.26. The van der Waals surface area contributed by atoms with E-state index < -0.39 is 0 Å². The van der Waals surface area contributed by atoms with Crippen molar-refractivity contribution < 1.29 is 9.59 Å². The molecular formula is C20H31N3O2. The molecule has 3 N–H and O–H groups in total. The van der Waals surface area contributed by atoms with Gasteiger partial charge in [0.25, 0.3) is 0 Å². The van der Waals surface area contributed by atoms with Gasteiger partial charge in [0.1, 0.15) is 0 Å². The normalized spacial score (nSPS) is 14.9. The molecule has 0 radical (unpaired) electrons. The van der Waals surface area contributed by atoms with Gasteiger partial charge in [0, 0.05) is 26.1 Å². The molecule has 1 aliphatic rings. The molecule has 1 aromatic rings. The Morgan fingerprint density at radius 1 is 1.08 bits per heavy atom. The van der Waals surface area contributed by atoms with Crippen LogP contribution in [-0.2, 0) is 16.0 Å². The minimum atomic E-state index is -0.0571. The molecule has 2 rings (SSSR count). The zero-order valence-corrected chi connectivity index (χ0v) is 15.1. The molecule has 5 nitrogen and oxygen atoms in total. The van der Waals surface area contributed by atoms with E-state index in [1.54, 1.807) is 4.90 Å². The fourth-order valence-electron chi connectivity index (χ4n) is 3.44. The minimum Gasteiger partial charge on any atom is -0.347 e. The fourth-order valence-corrected chi connectivity index (χ4v) is 3.44. The second kappa shape index (κ2) is 10.9. The molecule has 0 aliphatic heterocycles. The standard InChI is InChI=1S/C20H31N3O2/c21-12-14-23(13-11-17-7-3-1-4-8-17)20(25)16-22-19(24)15-18-9-5-2-6-10-18/h1,3-4,7-8,18H,2,5-6,9-16,21H2,(H,22,24). The van der Waals surface area contributed by atoms with Gasteiger partial charge in [-0.1, -0.05) is 49.6 Å². The Kier molecular flexibility index (Phi) is 8.46. The van der Waals surface area contributed by atoms with Gasteiger partial charge in [0.05, 0.1) is 6.54 Å². The van der Waals surface area contributed by atoms with Crippen molar-refractivity contribution in [3.8, 4) is 0 Å². The molecule has 1 aliphatic carbocycles. The zero-order chi connectivity index (χ0) is 17.9. The summed E-state index contributed by atoms with van der Waals surface area (Å²) in [5.74, 6) is 0.427. The molecule has 0 heterocycles. The van der Waals surface area contributed by atoms with Gasteiger partial charge in [-0.05, 0) is 30.7 Å². The lowest BCUT2D eigenvalue weighted by molar-refractivity contribution is -0.133. The van der Waals surface area contributed by atoms with Crippen LogP contribution >= 0.6 is 0 Å². The van der Waals surface area contributed by atoms with Crippen LogP contribution in [0.5, 0.6) is 0 Å². The summed E-state index contributed by atoms with van der Waals surface area (Å²) in [6.45, 7) is 1.64. The predicted molar refractivity (Wildman–Crippen MR) is 100.0 cm³/mol. The summed E-state index contributed by atoms with van der Waals surface area (Å²) in [6.07, 6.45) is 7.35. The second-order valence-electron chi connectivity index (χ2n) is 6.89. The van der Waals surface area contributed by atoms with Crippen LogP contribution in [0.25, 0.3) is 0 Å². The highest BCUT2D eigenvalue weighted by Gasteiger charge is 2.18. The third-order valence-corrected chi connectivity index (χ3v) is 4.90. The van der Waals surface area contributed by atoms with Crippen molar-refractivity contribution in [2.45, 2.75) is 44.9 Å². The van der Waals surface area contributed by atoms with E-state index in [1.165, 1.54) is 24.8 Å². The maximum absolute atomic E-state index is 12.4. The minimum absolute atomic E-state index is 0.00370. The van der Waals surface area contributed by atoms with Gasteiger partial charge in [0.2, 0.25) is 11.8 Å². The summed E-state index contributed by atoms with van der Waals surface area (Å²) in [6, 6.07) is 10.1. The van der Waals surface area contributed by atoms with Crippen LogP contribution in [0.15, 0.2) is 30.3 Å². The van der Waals surface area contributed by atoms with Crippen LogP contribution in [0.4, 0.5) is 0 Å². The lowest BCUT2D eigenvalue weighted by Gasteiger charge is -2.23. The highest BCUT2D eigenvalue weighted by molar-refractivity contribution is 5.84. The van der Waals surface area contributed by atoms with Gasteiger partial charge in [0.15, 0.2) is 0 Å². The summed E-state index contributed by atoms with van der Waals surface area (Å²) in [5.41, 5.74) is 6.83. The summed E-state index contributed by atoms with van der Waals surface area (Å²) >= 11 is 0. The zero-order valence-electron chi connectivity index (χ0n) is 15.1. The Balaban J connectivity index is 1.73. The highest BCUT2D eigenvalue weighted by Crippen LogP contribution is 2.25. The molecule has 0 spiro atoms. The Bertz CT molecular complexity index is 527. The molecule has 1 saturated carbocycles. The van der Waals surface area contributed by atoms with E-state index in [-0.39, 0.29) is 18.4 Å². The van der Waals surface area contributed by atoms with Crippen LogP contribution in [0.2, 0.25) is 0 Å². The van der Waals surface area contributed by atoms with Gasteiger partial charge in [-0.25, -0.2) is 0 Å². The van der Waals surface area contributed by atoms with E-state index >= 15 is 0 Å². The molecule has 2 amide bonds. The highest BCUT2D eigenvalue weighted by atomic mass is 16.2. The fraction of sp³-hybridized carbons (Fsp3) is 0.600. The van der Waals surface area contributed by atoms with E-state index in [0.29, 0.717) is 32.0 Å². The van der Waals surface area contributed by atoms with Crippen molar-refractivity contribution in [1.82, 2.24) is 10.2 Å². The molecule has 1 aromatic carbocycles. The molecule has 0 bridgehead atoms. The average molecular weight is 345 g/mol. The number of nitrogens with two attached hydrogens (primary N) is 1. The number of amides is 2. The molecule has 0 atom stereocenters. The molecule has 25 heavy (non-hydrogen) atoms. The number of rotatable bonds is 9. The number of carbonyl (C=O) groups excluding carboxylic acids is 2. The van der Waals surface area contributed by atoms with E-state index in [1.807, 2.05) is 18.2 Å². The van der Waals surface area contributed by atoms with Gasteiger partial charge in [-0.3, -0.25) is 9.59 Å².